The van der Waals surface area contributed by atoms with Crippen LogP contribution in [0.1, 0.15) is 34.8 Å². The van der Waals surface area contributed by atoms with E-state index in [2.05, 4.69) is 27.3 Å². The van der Waals surface area contributed by atoms with Crippen molar-refractivity contribution < 1.29 is 14.3 Å². The van der Waals surface area contributed by atoms with Crippen molar-refractivity contribution in [3.63, 3.8) is 0 Å². The number of benzene rings is 1. The molecule has 1 unspecified atom stereocenters. The van der Waals surface area contributed by atoms with Crippen LogP contribution >= 0.6 is 0 Å². The molecule has 3 rings (SSSR count). The van der Waals surface area contributed by atoms with E-state index < -0.39 is 0 Å². The van der Waals surface area contributed by atoms with Gasteiger partial charge in [-0.15, -0.1) is 0 Å². The lowest BCUT2D eigenvalue weighted by molar-refractivity contribution is 0.0937. The molecule has 0 spiro atoms. The molecular formula is C20H25N3O3. The molecule has 1 aliphatic heterocycles. The summed E-state index contributed by atoms with van der Waals surface area (Å²) in [7, 11) is 3.22. The molecule has 0 radical (unpaired) electrons. The van der Waals surface area contributed by atoms with Crippen LogP contribution in [0.3, 0.4) is 0 Å². The normalized spacial score (nSPS) is 15.5. The molecule has 1 aliphatic rings. The number of hydrogen-bond donors (Lipinski definition) is 1. The zero-order valence-corrected chi connectivity index (χ0v) is 15.3. The number of aromatic nitrogens is 1. The summed E-state index contributed by atoms with van der Waals surface area (Å²) in [6.45, 7) is 2.66. The van der Waals surface area contributed by atoms with Crippen LogP contribution in [0.25, 0.3) is 0 Å². The van der Waals surface area contributed by atoms with Gasteiger partial charge in [0.2, 0.25) is 5.88 Å². The Balaban J connectivity index is 1.69. The molecule has 0 aliphatic carbocycles. The number of methoxy groups -OCH3 is 2. The third-order valence-electron chi connectivity index (χ3n) is 4.75. The summed E-state index contributed by atoms with van der Waals surface area (Å²) >= 11 is 0. The number of pyridine rings is 1. The Morgan fingerprint density at radius 3 is 2.42 bits per heavy atom. The number of rotatable bonds is 7. The lowest BCUT2D eigenvalue weighted by Gasteiger charge is -2.28. The first kappa shape index (κ1) is 18.2. The maximum Gasteiger partial charge on any atom is 0.252 e. The summed E-state index contributed by atoms with van der Waals surface area (Å²) in [5, 5.41) is 3.05. The van der Waals surface area contributed by atoms with Gasteiger partial charge in [0.05, 0.1) is 25.8 Å². The first-order valence-corrected chi connectivity index (χ1v) is 8.87. The maximum absolute atomic E-state index is 12.5. The Morgan fingerprint density at radius 1 is 1.12 bits per heavy atom. The van der Waals surface area contributed by atoms with Crippen molar-refractivity contribution in [3.8, 4) is 11.6 Å². The van der Waals surface area contributed by atoms with Crippen LogP contribution in [0.15, 0.2) is 42.6 Å². The molecule has 1 aromatic carbocycles. The van der Waals surface area contributed by atoms with E-state index >= 15 is 0 Å². The molecule has 1 N–H and O–H groups in total. The molecular weight excluding hydrogens is 330 g/mol. The second-order valence-electron chi connectivity index (χ2n) is 6.33. The largest absolute Gasteiger partial charge is 0.497 e. The van der Waals surface area contributed by atoms with Gasteiger partial charge in [0.25, 0.3) is 5.91 Å². The average Bonchev–Trinajstić information content (AvgIpc) is 3.23. The zero-order chi connectivity index (χ0) is 18.4. The minimum Gasteiger partial charge on any atom is -0.497 e. The van der Waals surface area contributed by atoms with Gasteiger partial charge < -0.3 is 14.8 Å². The van der Waals surface area contributed by atoms with Gasteiger partial charge in [-0.25, -0.2) is 4.98 Å². The summed E-state index contributed by atoms with van der Waals surface area (Å²) in [6.07, 6.45) is 3.93. The fourth-order valence-electron chi connectivity index (χ4n) is 3.26. The van der Waals surface area contributed by atoms with Crippen LogP contribution in [0.4, 0.5) is 0 Å². The second-order valence-corrected chi connectivity index (χ2v) is 6.33. The lowest BCUT2D eigenvalue weighted by Crippen LogP contribution is -2.36. The predicted molar refractivity (Wildman–Crippen MR) is 99.7 cm³/mol. The molecule has 1 saturated heterocycles. The summed E-state index contributed by atoms with van der Waals surface area (Å²) in [4.78, 5) is 19.0. The molecule has 138 valence electrons. The molecule has 2 heterocycles. The Hall–Kier alpha value is -2.60. The molecule has 26 heavy (non-hydrogen) atoms. The van der Waals surface area contributed by atoms with E-state index in [9.17, 15) is 4.79 Å². The third-order valence-corrected chi connectivity index (χ3v) is 4.75. The Labute approximate surface area is 154 Å². The molecule has 1 amide bonds. The van der Waals surface area contributed by atoms with E-state index in [0.29, 0.717) is 18.0 Å². The highest BCUT2D eigenvalue weighted by Gasteiger charge is 2.24. The molecule has 0 saturated carbocycles. The molecule has 1 fully saturated rings. The van der Waals surface area contributed by atoms with Crippen molar-refractivity contribution in [1.29, 1.82) is 0 Å². The quantitative estimate of drug-likeness (QED) is 0.827. The summed E-state index contributed by atoms with van der Waals surface area (Å²) < 4.78 is 10.3. The number of hydrogen-bond acceptors (Lipinski definition) is 5. The molecule has 2 aromatic rings. The highest BCUT2D eigenvalue weighted by atomic mass is 16.5. The van der Waals surface area contributed by atoms with Crippen molar-refractivity contribution in [3.05, 3.63) is 53.7 Å². The smallest absolute Gasteiger partial charge is 0.252 e. The van der Waals surface area contributed by atoms with Crippen LogP contribution in [-0.2, 0) is 0 Å². The molecule has 6 heteroatoms. The first-order valence-electron chi connectivity index (χ1n) is 8.87. The minimum absolute atomic E-state index is 0.127. The van der Waals surface area contributed by atoms with E-state index in [0.717, 1.165) is 18.8 Å². The summed E-state index contributed by atoms with van der Waals surface area (Å²) in [5.41, 5.74) is 1.71. The minimum atomic E-state index is -0.127. The fourth-order valence-corrected chi connectivity index (χ4v) is 3.26. The molecule has 1 atom stereocenters. The van der Waals surface area contributed by atoms with Crippen molar-refractivity contribution in [1.82, 2.24) is 15.2 Å². The van der Waals surface area contributed by atoms with Gasteiger partial charge >= 0.3 is 0 Å². The monoisotopic (exact) mass is 355 g/mol. The van der Waals surface area contributed by atoms with Crippen molar-refractivity contribution in [2.45, 2.75) is 18.9 Å². The van der Waals surface area contributed by atoms with Gasteiger partial charge in [-0.05, 0) is 49.7 Å². The summed E-state index contributed by atoms with van der Waals surface area (Å²) in [5.74, 6) is 1.20. The SMILES string of the molecule is COc1ccc(C(CNC(=O)c2ccc(OC)nc2)N2CCCC2)cc1. The number of carbonyl (C=O) groups is 1. The van der Waals surface area contributed by atoms with E-state index in [4.69, 9.17) is 9.47 Å². The summed E-state index contributed by atoms with van der Waals surface area (Å²) in [6, 6.07) is 11.6. The number of carbonyl (C=O) groups excluding carboxylic acids is 1. The van der Waals surface area contributed by atoms with Crippen LogP contribution in [-0.4, -0.2) is 49.6 Å². The van der Waals surface area contributed by atoms with Gasteiger partial charge in [-0.1, -0.05) is 12.1 Å². The van der Waals surface area contributed by atoms with Crippen LogP contribution in [0.5, 0.6) is 11.6 Å². The maximum atomic E-state index is 12.5. The van der Waals surface area contributed by atoms with Crippen molar-refractivity contribution in [2.24, 2.45) is 0 Å². The first-order chi connectivity index (χ1) is 12.7. The second kappa shape index (κ2) is 8.67. The molecule has 0 bridgehead atoms. The Kier molecular flexibility index (Phi) is 6.07. The van der Waals surface area contributed by atoms with Gasteiger partial charge in [0.1, 0.15) is 5.75 Å². The zero-order valence-electron chi connectivity index (χ0n) is 15.3. The standard InChI is InChI=1S/C20H25N3O3/c1-25-17-8-5-15(6-9-17)18(23-11-3-4-12-23)14-22-20(24)16-7-10-19(26-2)21-13-16/h5-10,13,18H,3-4,11-12,14H2,1-2H3,(H,22,24). The van der Waals surface area contributed by atoms with Crippen molar-refractivity contribution in [2.75, 3.05) is 33.9 Å². The number of nitrogens with one attached hydrogen (secondary N) is 1. The highest BCUT2D eigenvalue weighted by Crippen LogP contribution is 2.26. The molecule has 6 nitrogen and oxygen atoms in total. The number of nitrogens with zero attached hydrogens (tertiary/aromatic N) is 2. The van der Waals surface area contributed by atoms with Crippen LogP contribution in [0.2, 0.25) is 0 Å². The van der Waals surface area contributed by atoms with Gasteiger partial charge in [-0.3, -0.25) is 9.69 Å². The molecule has 1 aromatic heterocycles. The van der Waals surface area contributed by atoms with E-state index in [-0.39, 0.29) is 11.9 Å². The third kappa shape index (κ3) is 4.32. The average molecular weight is 355 g/mol. The van der Waals surface area contributed by atoms with E-state index in [1.807, 2.05) is 12.1 Å². The number of amides is 1. The topological polar surface area (TPSA) is 63.7 Å². The predicted octanol–water partition coefficient (Wildman–Crippen LogP) is 2.67. The van der Waals surface area contributed by atoms with Gasteiger partial charge in [-0.2, -0.15) is 0 Å². The van der Waals surface area contributed by atoms with Crippen molar-refractivity contribution >= 4 is 5.91 Å². The van der Waals surface area contributed by atoms with Gasteiger partial charge in [0.15, 0.2) is 0 Å². The Morgan fingerprint density at radius 2 is 1.85 bits per heavy atom. The van der Waals surface area contributed by atoms with E-state index in [1.165, 1.54) is 24.6 Å². The van der Waals surface area contributed by atoms with Crippen LogP contribution in [0, 0.1) is 0 Å². The highest BCUT2D eigenvalue weighted by molar-refractivity contribution is 5.93. The number of ether oxygens (including phenoxy) is 2. The number of likely N-dealkylation sites (tertiary alicyclic amines) is 1. The van der Waals surface area contributed by atoms with Gasteiger partial charge in [0, 0.05) is 18.8 Å². The van der Waals surface area contributed by atoms with Crippen LogP contribution < -0.4 is 14.8 Å². The van der Waals surface area contributed by atoms with E-state index in [1.54, 1.807) is 26.4 Å². The lowest BCUT2D eigenvalue weighted by atomic mass is 10.0. The fraction of sp³-hybridized carbons (Fsp3) is 0.400. The Bertz CT molecular complexity index is 710.